The first-order valence-electron chi connectivity index (χ1n) is 6.50. The molecule has 1 heterocycles. The molecule has 0 amide bonds. The van der Waals surface area contributed by atoms with E-state index in [9.17, 15) is 13.2 Å². The highest BCUT2D eigenvalue weighted by Crippen LogP contribution is 2.23. The molecule has 8 heteroatoms. The van der Waals surface area contributed by atoms with Crippen molar-refractivity contribution in [2.75, 3.05) is 6.61 Å². The largest absolute Gasteiger partial charge is 0.461 e. The van der Waals surface area contributed by atoms with Gasteiger partial charge >= 0.3 is 5.97 Å². The minimum absolute atomic E-state index is 0.213. The molecule has 0 spiro atoms. The van der Waals surface area contributed by atoms with Gasteiger partial charge in [0.25, 0.3) is 9.05 Å². The molecular formula is C12H19ClN2O4S. The number of halogens is 1. The number of nitrogens with one attached hydrogen (secondary N) is 1. The highest BCUT2D eigenvalue weighted by atomic mass is 35.7. The van der Waals surface area contributed by atoms with Crippen LogP contribution in [0.3, 0.4) is 0 Å². The number of carbonyl (C=O) groups is 1. The van der Waals surface area contributed by atoms with Gasteiger partial charge in [0.05, 0.1) is 12.3 Å². The van der Waals surface area contributed by atoms with E-state index >= 15 is 0 Å². The quantitative estimate of drug-likeness (QED) is 0.615. The molecule has 0 bridgehead atoms. The normalized spacial score (nSPS) is 13.2. The summed E-state index contributed by atoms with van der Waals surface area (Å²) >= 11 is 0. The van der Waals surface area contributed by atoms with Crippen LogP contribution >= 0.6 is 10.7 Å². The molecule has 6 nitrogen and oxygen atoms in total. The monoisotopic (exact) mass is 322 g/mol. The van der Waals surface area contributed by atoms with E-state index in [1.54, 1.807) is 6.92 Å². The molecule has 0 radical (unpaired) electrons. The smallest absolute Gasteiger partial charge is 0.360 e. The number of aryl methyl sites for hydroxylation is 1. The summed E-state index contributed by atoms with van der Waals surface area (Å²) in [4.78, 5) is 11.6. The van der Waals surface area contributed by atoms with Gasteiger partial charge in [0.1, 0.15) is 4.90 Å². The molecule has 1 rings (SSSR count). The topological polar surface area (TPSA) is 89.1 Å². The molecule has 1 unspecified atom stereocenters. The predicted octanol–water partition coefficient (Wildman–Crippen LogP) is 2.49. The lowest BCUT2D eigenvalue weighted by Gasteiger charge is -2.10. The van der Waals surface area contributed by atoms with Gasteiger partial charge in [-0.3, -0.25) is 5.10 Å². The molecule has 1 atom stereocenters. The van der Waals surface area contributed by atoms with Crippen LogP contribution in [0.1, 0.15) is 49.8 Å². The molecule has 1 N–H and O–H groups in total. The Morgan fingerprint density at radius 3 is 2.60 bits per heavy atom. The number of ether oxygens (including phenoxy) is 1. The summed E-state index contributed by atoms with van der Waals surface area (Å²) in [5.41, 5.74) is 0.0223. The summed E-state index contributed by atoms with van der Waals surface area (Å²) in [6.45, 7) is 5.95. The zero-order valence-corrected chi connectivity index (χ0v) is 13.3. The molecule has 0 aliphatic heterocycles. The standard InChI is InChI=1S/C12H19ClN2O4S/c1-4-6-8(3)7-19-12(16)10-11(20(13,17)18)9(5-2)14-15-10/h8H,4-7H2,1-3H3,(H,14,15). The third-order valence-electron chi connectivity index (χ3n) is 2.86. The van der Waals surface area contributed by atoms with Crippen molar-refractivity contribution in [2.45, 2.75) is 44.9 Å². The fourth-order valence-corrected chi connectivity index (χ4v) is 3.21. The lowest BCUT2D eigenvalue weighted by atomic mass is 10.1. The van der Waals surface area contributed by atoms with Crippen LogP contribution < -0.4 is 0 Å². The summed E-state index contributed by atoms with van der Waals surface area (Å²) in [6, 6.07) is 0. The van der Waals surface area contributed by atoms with Gasteiger partial charge in [-0.2, -0.15) is 5.10 Å². The first-order chi connectivity index (χ1) is 9.31. The van der Waals surface area contributed by atoms with Gasteiger partial charge in [0.2, 0.25) is 0 Å². The number of hydrogen-bond acceptors (Lipinski definition) is 5. The number of hydrogen-bond donors (Lipinski definition) is 1. The van der Waals surface area contributed by atoms with Crippen molar-refractivity contribution < 1.29 is 17.9 Å². The molecule has 0 saturated carbocycles. The lowest BCUT2D eigenvalue weighted by Crippen LogP contribution is -2.14. The second-order valence-electron chi connectivity index (χ2n) is 4.66. The third-order valence-corrected chi connectivity index (χ3v) is 4.25. The fraction of sp³-hybridized carbons (Fsp3) is 0.667. The van der Waals surface area contributed by atoms with E-state index in [4.69, 9.17) is 15.4 Å². The van der Waals surface area contributed by atoms with Gasteiger partial charge in [0, 0.05) is 10.7 Å². The van der Waals surface area contributed by atoms with Gasteiger partial charge in [-0.15, -0.1) is 0 Å². The van der Waals surface area contributed by atoms with Crippen molar-refractivity contribution in [3.05, 3.63) is 11.4 Å². The van der Waals surface area contributed by atoms with E-state index in [2.05, 4.69) is 10.2 Å². The van der Waals surface area contributed by atoms with Crippen molar-refractivity contribution >= 4 is 25.7 Å². The Labute approximate surface area is 123 Å². The highest BCUT2D eigenvalue weighted by Gasteiger charge is 2.29. The molecule has 114 valence electrons. The van der Waals surface area contributed by atoms with Gasteiger partial charge in [-0.05, 0) is 18.8 Å². The number of nitrogens with zero attached hydrogens (tertiary/aromatic N) is 1. The van der Waals surface area contributed by atoms with Crippen LogP contribution in [0, 0.1) is 5.92 Å². The molecule has 0 fully saturated rings. The van der Waals surface area contributed by atoms with E-state index in [-0.39, 0.29) is 23.1 Å². The molecule has 0 aromatic carbocycles. The zero-order chi connectivity index (χ0) is 15.3. The number of carbonyl (C=O) groups excluding carboxylic acids is 1. The number of esters is 1. The van der Waals surface area contributed by atoms with Crippen LogP contribution in [0.5, 0.6) is 0 Å². The van der Waals surface area contributed by atoms with Gasteiger partial charge < -0.3 is 4.74 Å². The first kappa shape index (κ1) is 17.0. The van der Waals surface area contributed by atoms with Crippen molar-refractivity contribution in [2.24, 2.45) is 5.92 Å². The molecule has 0 saturated heterocycles. The number of rotatable bonds is 7. The Bertz CT molecular complexity index is 568. The van der Waals surface area contributed by atoms with Crippen LogP contribution in [0.15, 0.2) is 4.90 Å². The van der Waals surface area contributed by atoms with E-state index < -0.39 is 15.0 Å². The third kappa shape index (κ3) is 4.21. The van der Waals surface area contributed by atoms with Crippen LogP contribution in [0.25, 0.3) is 0 Å². The fourth-order valence-electron chi connectivity index (χ4n) is 1.87. The lowest BCUT2D eigenvalue weighted by molar-refractivity contribution is 0.0432. The van der Waals surface area contributed by atoms with E-state index in [1.807, 2.05) is 13.8 Å². The summed E-state index contributed by atoms with van der Waals surface area (Å²) in [7, 11) is 1.30. The minimum atomic E-state index is -4.05. The van der Waals surface area contributed by atoms with Crippen molar-refractivity contribution in [3.8, 4) is 0 Å². The summed E-state index contributed by atoms with van der Waals surface area (Å²) in [5.74, 6) is -0.562. The van der Waals surface area contributed by atoms with Crippen molar-refractivity contribution in [1.82, 2.24) is 10.2 Å². The maximum Gasteiger partial charge on any atom is 0.360 e. The Kier molecular flexibility index (Phi) is 6.01. The average Bonchev–Trinajstić information content (AvgIpc) is 2.80. The number of aromatic amines is 1. The van der Waals surface area contributed by atoms with Crippen LogP contribution in [-0.2, 0) is 20.2 Å². The van der Waals surface area contributed by atoms with Crippen LogP contribution in [-0.4, -0.2) is 31.2 Å². The molecule has 1 aromatic heterocycles. The second-order valence-corrected chi connectivity index (χ2v) is 7.17. The molecule has 20 heavy (non-hydrogen) atoms. The Morgan fingerprint density at radius 1 is 1.45 bits per heavy atom. The average molecular weight is 323 g/mol. The SMILES string of the molecule is CCCC(C)COC(=O)c1n[nH]c(CC)c1S(=O)(=O)Cl. The summed E-state index contributed by atoms with van der Waals surface area (Å²) < 4.78 is 28.2. The Hall–Kier alpha value is -1.08. The molecule has 0 aliphatic rings. The molecule has 1 aromatic rings. The van der Waals surface area contributed by atoms with Gasteiger partial charge in [-0.1, -0.05) is 27.2 Å². The van der Waals surface area contributed by atoms with Crippen LogP contribution in [0.2, 0.25) is 0 Å². The Balaban J connectivity index is 2.92. The van der Waals surface area contributed by atoms with Crippen molar-refractivity contribution in [3.63, 3.8) is 0 Å². The summed E-state index contributed by atoms with van der Waals surface area (Å²) in [5, 5.41) is 6.22. The van der Waals surface area contributed by atoms with E-state index in [0.29, 0.717) is 12.1 Å². The van der Waals surface area contributed by atoms with Gasteiger partial charge in [0.15, 0.2) is 5.69 Å². The minimum Gasteiger partial charge on any atom is -0.461 e. The first-order valence-corrected chi connectivity index (χ1v) is 8.81. The van der Waals surface area contributed by atoms with Crippen molar-refractivity contribution in [1.29, 1.82) is 0 Å². The predicted molar refractivity (Wildman–Crippen MR) is 75.4 cm³/mol. The molecular weight excluding hydrogens is 304 g/mol. The summed E-state index contributed by atoms with van der Waals surface area (Å²) in [6.07, 6.45) is 2.28. The van der Waals surface area contributed by atoms with Gasteiger partial charge in [-0.25, -0.2) is 13.2 Å². The van der Waals surface area contributed by atoms with E-state index in [1.165, 1.54) is 0 Å². The maximum absolute atomic E-state index is 11.9. The van der Waals surface area contributed by atoms with E-state index in [0.717, 1.165) is 12.8 Å². The molecule has 0 aliphatic carbocycles. The maximum atomic E-state index is 11.9. The Morgan fingerprint density at radius 2 is 2.10 bits per heavy atom. The number of aromatic nitrogens is 2. The highest BCUT2D eigenvalue weighted by molar-refractivity contribution is 8.13. The zero-order valence-electron chi connectivity index (χ0n) is 11.8. The second kappa shape index (κ2) is 7.08. The number of H-pyrrole nitrogens is 1. The van der Waals surface area contributed by atoms with Crippen LogP contribution in [0.4, 0.5) is 0 Å².